The molecule has 1 amide bonds. The molecular formula is C19H17N3O3. The van der Waals surface area contributed by atoms with E-state index in [4.69, 9.17) is 4.74 Å². The van der Waals surface area contributed by atoms with Crippen LogP contribution in [0, 0.1) is 0 Å². The normalized spacial score (nSPS) is 10.2. The predicted octanol–water partition coefficient (Wildman–Crippen LogP) is 2.35. The standard InChI is InChI=1S/C19H17N3O3/c23-18(13-20-19(24)16-5-2-1-3-6-16)25-14-15-7-9-17(10-8-15)22-12-4-11-21-22/h1-12H,13-14H2,(H,20,24). The summed E-state index contributed by atoms with van der Waals surface area (Å²) in [5.74, 6) is -0.790. The summed E-state index contributed by atoms with van der Waals surface area (Å²) >= 11 is 0. The van der Waals surface area contributed by atoms with Gasteiger partial charge in [-0.3, -0.25) is 9.59 Å². The molecule has 6 heteroatoms. The smallest absolute Gasteiger partial charge is 0.325 e. The fraction of sp³-hybridized carbons (Fsp3) is 0.105. The Labute approximate surface area is 145 Å². The number of amides is 1. The van der Waals surface area contributed by atoms with Crippen LogP contribution in [-0.4, -0.2) is 28.2 Å². The number of carbonyl (C=O) groups is 2. The fourth-order valence-corrected chi connectivity index (χ4v) is 2.23. The van der Waals surface area contributed by atoms with Gasteiger partial charge in [0.15, 0.2) is 0 Å². The van der Waals surface area contributed by atoms with E-state index >= 15 is 0 Å². The lowest BCUT2D eigenvalue weighted by atomic mass is 10.2. The van der Waals surface area contributed by atoms with Gasteiger partial charge in [0.1, 0.15) is 13.2 Å². The zero-order chi connectivity index (χ0) is 17.5. The second kappa shape index (κ2) is 7.92. The summed E-state index contributed by atoms with van der Waals surface area (Å²) in [5.41, 5.74) is 2.29. The van der Waals surface area contributed by atoms with Gasteiger partial charge < -0.3 is 10.1 Å². The highest BCUT2D eigenvalue weighted by Gasteiger charge is 2.08. The van der Waals surface area contributed by atoms with Gasteiger partial charge in [-0.15, -0.1) is 0 Å². The summed E-state index contributed by atoms with van der Waals surface area (Å²) < 4.78 is 6.91. The largest absolute Gasteiger partial charge is 0.460 e. The number of ether oxygens (including phenoxy) is 1. The van der Waals surface area contributed by atoms with Crippen LogP contribution in [0.15, 0.2) is 73.1 Å². The van der Waals surface area contributed by atoms with Gasteiger partial charge in [0.05, 0.1) is 5.69 Å². The quantitative estimate of drug-likeness (QED) is 0.702. The first-order chi connectivity index (χ1) is 12.2. The predicted molar refractivity (Wildman–Crippen MR) is 92.1 cm³/mol. The van der Waals surface area contributed by atoms with Crippen molar-refractivity contribution >= 4 is 11.9 Å². The molecule has 126 valence electrons. The average molecular weight is 335 g/mol. The highest BCUT2D eigenvalue weighted by molar-refractivity contribution is 5.95. The number of esters is 1. The van der Waals surface area contributed by atoms with Crippen molar-refractivity contribution in [3.05, 3.63) is 84.2 Å². The maximum atomic E-state index is 11.8. The van der Waals surface area contributed by atoms with Crippen LogP contribution in [0.2, 0.25) is 0 Å². The van der Waals surface area contributed by atoms with Crippen LogP contribution in [0.5, 0.6) is 0 Å². The minimum absolute atomic E-state index is 0.152. The van der Waals surface area contributed by atoms with Crippen LogP contribution in [-0.2, 0) is 16.1 Å². The van der Waals surface area contributed by atoms with E-state index in [1.165, 1.54) is 0 Å². The maximum absolute atomic E-state index is 11.8. The number of hydrogen-bond donors (Lipinski definition) is 1. The van der Waals surface area contributed by atoms with E-state index in [0.29, 0.717) is 5.56 Å². The van der Waals surface area contributed by atoms with Crippen LogP contribution in [0.4, 0.5) is 0 Å². The third-order valence-electron chi connectivity index (χ3n) is 3.53. The first-order valence-electron chi connectivity index (χ1n) is 7.80. The van der Waals surface area contributed by atoms with Gasteiger partial charge in [0, 0.05) is 18.0 Å². The summed E-state index contributed by atoms with van der Waals surface area (Å²) in [4.78, 5) is 23.6. The lowest BCUT2D eigenvalue weighted by Crippen LogP contribution is -2.30. The van der Waals surface area contributed by atoms with Crippen molar-refractivity contribution in [1.29, 1.82) is 0 Å². The van der Waals surface area contributed by atoms with E-state index in [9.17, 15) is 9.59 Å². The Balaban J connectivity index is 1.45. The van der Waals surface area contributed by atoms with Crippen LogP contribution >= 0.6 is 0 Å². The summed E-state index contributed by atoms with van der Waals surface area (Å²) in [6.45, 7) is -0.0154. The Kier molecular flexibility index (Phi) is 5.21. The maximum Gasteiger partial charge on any atom is 0.325 e. The second-order valence-electron chi connectivity index (χ2n) is 5.33. The lowest BCUT2D eigenvalue weighted by molar-refractivity contribution is -0.143. The molecule has 3 rings (SSSR count). The van der Waals surface area contributed by atoms with Gasteiger partial charge in [-0.05, 0) is 35.9 Å². The number of aromatic nitrogens is 2. The Morgan fingerprint density at radius 3 is 2.44 bits per heavy atom. The molecule has 0 fully saturated rings. The Bertz CT molecular complexity index is 828. The second-order valence-corrected chi connectivity index (χ2v) is 5.33. The molecular weight excluding hydrogens is 318 g/mol. The van der Waals surface area contributed by atoms with Crippen LogP contribution < -0.4 is 5.32 Å². The van der Waals surface area contributed by atoms with E-state index in [2.05, 4.69) is 10.4 Å². The van der Waals surface area contributed by atoms with Crippen molar-refractivity contribution in [3.63, 3.8) is 0 Å². The number of rotatable bonds is 6. The molecule has 0 atom stereocenters. The van der Waals surface area contributed by atoms with E-state index < -0.39 is 5.97 Å². The molecule has 2 aromatic carbocycles. The van der Waals surface area contributed by atoms with Crippen LogP contribution in [0.3, 0.4) is 0 Å². The molecule has 0 spiro atoms. The molecule has 1 aromatic heterocycles. The molecule has 0 aliphatic heterocycles. The van der Waals surface area contributed by atoms with Gasteiger partial charge in [0.25, 0.3) is 5.91 Å². The number of hydrogen-bond acceptors (Lipinski definition) is 4. The molecule has 0 aliphatic carbocycles. The molecule has 25 heavy (non-hydrogen) atoms. The molecule has 1 heterocycles. The number of benzene rings is 2. The van der Waals surface area contributed by atoms with Gasteiger partial charge in [0.2, 0.25) is 0 Å². The SMILES string of the molecule is O=C(CNC(=O)c1ccccc1)OCc1ccc(-n2cccn2)cc1. The summed E-state index contributed by atoms with van der Waals surface area (Å²) in [6.07, 6.45) is 3.56. The number of nitrogens with zero attached hydrogens (tertiary/aromatic N) is 2. The summed E-state index contributed by atoms with van der Waals surface area (Å²) in [7, 11) is 0. The zero-order valence-corrected chi connectivity index (χ0v) is 13.5. The first kappa shape index (κ1) is 16.4. The number of nitrogens with one attached hydrogen (secondary N) is 1. The molecule has 0 saturated carbocycles. The van der Waals surface area contributed by atoms with Crippen molar-refractivity contribution in [2.24, 2.45) is 0 Å². The van der Waals surface area contributed by atoms with E-state index in [0.717, 1.165) is 11.3 Å². The molecule has 0 bridgehead atoms. The molecule has 0 aliphatic rings. The van der Waals surface area contributed by atoms with Crippen molar-refractivity contribution in [3.8, 4) is 5.69 Å². The van der Waals surface area contributed by atoms with Crippen molar-refractivity contribution in [1.82, 2.24) is 15.1 Å². The van der Waals surface area contributed by atoms with Gasteiger partial charge in [-0.1, -0.05) is 30.3 Å². The topological polar surface area (TPSA) is 73.2 Å². The summed E-state index contributed by atoms with van der Waals surface area (Å²) in [6, 6.07) is 18.1. The molecule has 0 unspecified atom stereocenters. The Morgan fingerprint density at radius 2 is 1.76 bits per heavy atom. The highest BCUT2D eigenvalue weighted by atomic mass is 16.5. The monoisotopic (exact) mass is 335 g/mol. The molecule has 0 saturated heterocycles. The van der Waals surface area contributed by atoms with E-state index in [1.807, 2.05) is 42.6 Å². The third kappa shape index (κ3) is 4.54. The Morgan fingerprint density at radius 1 is 1.00 bits per heavy atom. The number of carbonyl (C=O) groups excluding carboxylic acids is 2. The molecule has 1 N–H and O–H groups in total. The van der Waals surface area contributed by atoms with E-state index in [-0.39, 0.29) is 19.1 Å². The molecule has 3 aromatic rings. The molecule has 6 nitrogen and oxygen atoms in total. The van der Waals surface area contributed by atoms with E-state index in [1.54, 1.807) is 35.1 Å². The van der Waals surface area contributed by atoms with Gasteiger partial charge in [-0.2, -0.15) is 5.10 Å². The lowest BCUT2D eigenvalue weighted by Gasteiger charge is -2.07. The van der Waals surface area contributed by atoms with Crippen LogP contribution in [0.25, 0.3) is 5.69 Å². The minimum Gasteiger partial charge on any atom is -0.460 e. The van der Waals surface area contributed by atoms with Crippen LogP contribution in [0.1, 0.15) is 15.9 Å². The fourth-order valence-electron chi connectivity index (χ4n) is 2.23. The van der Waals surface area contributed by atoms with Gasteiger partial charge in [-0.25, -0.2) is 4.68 Å². The van der Waals surface area contributed by atoms with Crippen molar-refractivity contribution in [2.45, 2.75) is 6.61 Å². The Hall–Kier alpha value is -3.41. The zero-order valence-electron chi connectivity index (χ0n) is 13.5. The van der Waals surface area contributed by atoms with Crippen molar-refractivity contribution < 1.29 is 14.3 Å². The molecule has 0 radical (unpaired) electrons. The highest BCUT2D eigenvalue weighted by Crippen LogP contribution is 2.09. The minimum atomic E-state index is -0.486. The first-order valence-corrected chi connectivity index (χ1v) is 7.80. The van der Waals surface area contributed by atoms with Gasteiger partial charge >= 0.3 is 5.97 Å². The summed E-state index contributed by atoms with van der Waals surface area (Å²) in [5, 5.41) is 6.68. The third-order valence-corrected chi connectivity index (χ3v) is 3.53. The van der Waals surface area contributed by atoms with Crippen molar-refractivity contribution in [2.75, 3.05) is 6.54 Å². The average Bonchev–Trinajstić information content (AvgIpc) is 3.20.